The lowest BCUT2D eigenvalue weighted by molar-refractivity contribution is -0.153. The number of aryl methyl sites for hydroxylation is 2. The average Bonchev–Trinajstić information content (AvgIpc) is 1.62. The van der Waals surface area contributed by atoms with Gasteiger partial charge >= 0.3 is 24.4 Å². The van der Waals surface area contributed by atoms with E-state index in [1.165, 1.54) is 41.1 Å². The molecule has 7 aromatic carbocycles. The Morgan fingerprint density at radius 2 is 0.827 bits per heavy atom. The molecular formula is C94H124BrN11O18S3. The van der Waals surface area contributed by atoms with Gasteiger partial charge in [-0.05, 0) is 179 Å². The fraction of sp³-hybridized carbons (Fsp3) is 0.457. The van der Waals surface area contributed by atoms with E-state index in [0.717, 1.165) is 86.1 Å². The minimum atomic E-state index is -0.989. The number of para-hydroxylation sites is 3. The molecule has 3 heterocycles. The molecule has 7 N–H and O–H groups in total. The van der Waals surface area contributed by atoms with Gasteiger partial charge in [-0.25, -0.2) is 34.1 Å². The molecule has 1 aliphatic rings. The van der Waals surface area contributed by atoms with Crippen molar-refractivity contribution in [2.75, 3.05) is 102 Å². The Kier molecular flexibility index (Phi) is 40.7. The van der Waals surface area contributed by atoms with Crippen LogP contribution >= 0.6 is 49.9 Å². The van der Waals surface area contributed by atoms with Crippen LogP contribution in [0.5, 0.6) is 0 Å². The lowest BCUT2D eigenvalue weighted by Gasteiger charge is -2.31. The molecule has 33 heteroatoms. The Morgan fingerprint density at radius 1 is 0.457 bits per heavy atom. The maximum atomic E-state index is 14.8. The molecular weight excluding hydrogens is 1750 g/mol. The molecule has 0 spiro atoms. The van der Waals surface area contributed by atoms with Crippen LogP contribution in [-0.4, -0.2) is 201 Å². The number of rotatable bonds is 37. The standard InChI is InChI=1S/C43H48N4O7S.C28H38N4O5S.C18H27N3O4S.C5H11BrO2/c1-7-52-37(51-6)25-47(24-29-13-12-18-36-38(29)45-40(55-36)46-42(50)54-43(3,4)5)39(48)35(23-28-21-19-27(2)20-22-28)44-41(49)53-26-34-32-16-10-8-14-30(32)31-15-9-11-17-33(31)34;1-7-36-23(35-6)17-32(25(33)21(29)15-19-13-11-18(2)12-14-19)16-20-9-8-10-22-24(20)30-26(38-22)31-27(34)37-28(3,4)5;1-6-24-14(23-5)11-19-10-12-8-7-9-13-15(12)20-16(26-13)21-17(22)25-18(2,3)4;1-3-8-5(4-6)7-2/h8-22,34-35,37H,7,23-26H2,1-6H3,(H,44,49)(H,45,46,50);8-14,21,23H,7,15-17,29H2,1-6H3,(H,30,31,34);7-9,14,19H,6,10-11H2,1-5H3,(H,20,21,22);5H,3-4H2,1-2H3/t35-,37?;21-,23?;;/m10../s1. The summed E-state index contributed by atoms with van der Waals surface area (Å²) in [4.78, 5) is 95.9. The summed E-state index contributed by atoms with van der Waals surface area (Å²) in [5.74, 6) is -0.704. The summed E-state index contributed by atoms with van der Waals surface area (Å²) in [6, 6.07) is 47.8. The normalized spacial score (nSPS) is 13.3. The lowest BCUT2D eigenvalue weighted by atomic mass is 9.98. The van der Waals surface area contributed by atoms with E-state index in [4.69, 9.17) is 67.6 Å². The number of nitrogens with zero attached hydrogens (tertiary/aromatic N) is 5. The van der Waals surface area contributed by atoms with Crippen LogP contribution in [0.25, 0.3) is 41.8 Å². The topological polar surface area (TPSA) is 344 Å². The number of halogens is 1. The van der Waals surface area contributed by atoms with Gasteiger partial charge in [-0.1, -0.05) is 195 Å². The Labute approximate surface area is 765 Å². The van der Waals surface area contributed by atoms with Crippen LogP contribution < -0.4 is 32.3 Å². The molecule has 127 heavy (non-hydrogen) atoms. The second kappa shape index (κ2) is 50.3. The minimum absolute atomic E-state index is 0.0729. The number of nitrogens with one attached hydrogen (secondary N) is 5. The molecule has 10 aromatic rings. The van der Waals surface area contributed by atoms with Crippen molar-refractivity contribution in [2.24, 2.45) is 5.73 Å². The van der Waals surface area contributed by atoms with Gasteiger partial charge in [0.25, 0.3) is 0 Å². The van der Waals surface area contributed by atoms with Crippen LogP contribution in [0.3, 0.4) is 0 Å². The van der Waals surface area contributed by atoms with Crippen LogP contribution in [0.15, 0.2) is 152 Å². The fourth-order valence-corrected chi connectivity index (χ4v) is 16.4. The van der Waals surface area contributed by atoms with E-state index in [2.05, 4.69) is 76.7 Å². The summed E-state index contributed by atoms with van der Waals surface area (Å²) in [6.45, 7) is 31.9. The predicted molar refractivity (Wildman–Crippen MR) is 504 cm³/mol. The molecule has 4 unspecified atom stereocenters. The summed E-state index contributed by atoms with van der Waals surface area (Å²) < 4.78 is 67.9. The number of ether oxygens (including phenoxy) is 12. The number of aromatic nitrogens is 3. The zero-order chi connectivity index (χ0) is 92.5. The fourth-order valence-electron chi connectivity index (χ4n) is 13.3. The number of amides is 6. The molecule has 1 aliphatic carbocycles. The van der Waals surface area contributed by atoms with E-state index in [1.807, 2.05) is 190 Å². The van der Waals surface area contributed by atoms with Crippen LogP contribution in [0.2, 0.25) is 0 Å². The van der Waals surface area contributed by atoms with Gasteiger partial charge in [0.2, 0.25) is 11.8 Å². The molecule has 688 valence electrons. The number of fused-ring (bicyclic) bond motifs is 6. The maximum Gasteiger partial charge on any atom is 0.413 e. The Morgan fingerprint density at radius 3 is 1.21 bits per heavy atom. The van der Waals surface area contributed by atoms with Crippen molar-refractivity contribution in [1.82, 2.24) is 35.4 Å². The highest BCUT2D eigenvalue weighted by atomic mass is 79.9. The number of carbonyl (C=O) groups is 6. The first-order valence-electron chi connectivity index (χ1n) is 42.1. The van der Waals surface area contributed by atoms with Gasteiger partial charge in [0.05, 0.1) is 55.1 Å². The molecule has 0 saturated carbocycles. The summed E-state index contributed by atoms with van der Waals surface area (Å²) in [5, 5.41) is 16.4. The van der Waals surface area contributed by atoms with Gasteiger partial charge in [0.15, 0.2) is 40.6 Å². The number of benzene rings is 7. The van der Waals surface area contributed by atoms with Crippen molar-refractivity contribution in [1.29, 1.82) is 0 Å². The maximum absolute atomic E-state index is 14.8. The van der Waals surface area contributed by atoms with Gasteiger partial charge in [0, 0.05) is 93.4 Å². The number of anilines is 3. The first kappa shape index (κ1) is 103. The van der Waals surface area contributed by atoms with Crippen molar-refractivity contribution in [3.05, 3.63) is 202 Å². The van der Waals surface area contributed by atoms with Crippen molar-refractivity contribution >= 4 is 132 Å². The van der Waals surface area contributed by atoms with E-state index < -0.39 is 65.8 Å². The van der Waals surface area contributed by atoms with Gasteiger partial charge < -0.3 is 83.0 Å². The van der Waals surface area contributed by atoms with E-state index in [-0.39, 0.29) is 69.5 Å². The average molecular weight is 1870 g/mol. The number of nitrogens with two attached hydrogens (primary N) is 1. The largest absolute Gasteiger partial charge is 0.449 e. The van der Waals surface area contributed by atoms with E-state index >= 15 is 0 Å². The summed E-state index contributed by atoms with van der Waals surface area (Å²) in [5.41, 5.74) is 17.9. The summed E-state index contributed by atoms with van der Waals surface area (Å²) >= 11 is 7.28. The number of methoxy groups -OCH3 is 4. The summed E-state index contributed by atoms with van der Waals surface area (Å²) in [6.07, 6.45) is -3.45. The van der Waals surface area contributed by atoms with E-state index in [0.29, 0.717) is 72.4 Å². The van der Waals surface area contributed by atoms with Crippen molar-refractivity contribution in [3.8, 4) is 11.1 Å². The monoisotopic (exact) mass is 1870 g/mol. The van der Waals surface area contributed by atoms with Gasteiger partial charge in [0.1, 0.15) is 29.5 Å². The molecule has 0 aliphatic heterocycles. The third kappa shape index (κ3) is 33.1. The number of alkyl carbamates (subject to hydrolysis) is 1. The van der Waals surface area contributed by atoms with Gasteiger partial charge in [-0.2, -0.15) is 0 Å². The van der Waals surface area contributed by atoms with Crippen LogP contribution in [0.4, 0.5) is 34.6 Å². The predicted octanol–water partition coefficient (Wildman–Crippen LogP) is 18.4. The zero-order valence-electron chi connectivity index (χ0n) is 76.1. The summed E-state index contributed by atoms with van der Waals surface area (Å²) in [7, 11) is 6.32. The Balaban J connectivity index is 0.000000240. The highest BCUT2D eigenvalue weighted by Gasteiger charge is 2.34. The van der Waals surface area contributed by atoms with Crippen LogP contribution in [-0.2, 0) is 98.9 Å². The zero-order valence-corrected chi connectivity index (χ0v) is 80.2. The molecule has 11 rings (SSSR count). The highest BCUT2D eigenvalue weighted by Crippen LogP contribution is 2.45. The Bertz CT molecular complexity index is 5100. The molecule has 0 saturated heterocycles. The number of carbonyl (C=O) groups excluding carboxylic acids is 6. The Hall–Kier alpha value is -9.69. The smallest absolute Gasteiger partial charge is 0.413 e. The second-order valence-corrected chi connectivity index (χ2v) is 36.2. The third-order valence-corrected chi connectivity index (χ3v) is 22.4. The first-order chi connectivity index (χ1) is 60.6. The number of alkyl halides is 1. The third-order valence-electron chi connectivity index (χ3n) is 19.0. The van der Waals surface area contributed by atoms with Crippen LogP contribution in [0.1, 0.15) is 146 Å². The second-order valence-electron chi connectivity index (χ2n) is 32.4. The number of thiazole rings is 3. The molecule has 29 nitrogen and oxygen atoms in total. The SMILES string of the molecule is CCOC(CBr)OC.CCOC(CN(Cc1cccc2sc(NC(=O)OC(C)(C)C)nc12)C(=O)[C@@H](Cc1ccc(C)cc1)NC(=O)OCC1c2ccccc2-c2ccccc21)OC.CCOC(CN(Cc1cccc2sc(NC(=O)OC(C)(C)C)nc12)C(=O)[C@@H](N)Cc1ccc(C)cc1)OC.CCOC(CNCc1cccc2sc(NC(=O)OC(C)(C)C)nc12)OC. The van der Waals surface area contributed by atoms with Crippen LogP contribution in [0, 0.1) is 13.8 Å². The van der Waals surface area contributed by atoms with Crippen molar-refractivity contribution in [2.45, 2.75) is 196 Å². The van der Waals surface area contributed by atoms with E-state index in [9.17, 15) is 28.8 Å². The molecule has 0 radical (unpaired) electrons. The van der Waals surface area contributed by atoms with Crippen molar-refractivity contribution < 1.29 is 85.6 Å². The quantitative estimate of drug-likeness (QED) is 0.0120. The van der Waals surface area contributed by atoms with Crippen molar-refractivity contribution in [3.63, 3.8) is 0 Å². The highest BCUT2D eigenvalue weighted by molar-refractivity contribution is 9.09. The minimum Gasteiger partial charge on any atom is -0.449 e. The lowest BCUT2D eigenvalue weighted by Crippen LogP contribution is -2.51. The molecule has 0 fully saturated rings. The molecule has 6 atom stereocenters. The molecule has 3 aromatic heterocycles. The molecule has 6 amide bonds. The first-order valence-corrected chi connectivity index (χ1v) is 45.7. The van der Waals surface area contributed by atoms with Gasteiger partial charge in [-0.15, -0.1) is 0 Å². The number of hydrogen-bond donors (Lipinski definition) is 6. The number of hydrogen-bond acceptors (Lipinski definition) is 26. The van der Waals surface area contributed by atoms with Gasteiger partial charge in [-0.3, -0.25) is 25.5 Å². The molecule has 0 bridgehead atoms. The van der Waals surface area contributed by atoms with E-state index in [1.54, 1.807) is 72.7 Å².